The second-order valence-electron chi connectivity index (χ2n) is 2.62. The van der Waals surface area contributed by atoms with Crippen molar-refractivity contribution in [2.45, 2.75) is 25.3 Å². The van der Waals surface area contributed by atoms with E-state index in [0.717, 1.165) is 19.4 Å². The number of hydroxylamine groups is 1. The molecule has 4 N–H and O–H groups in total. The third-order valence-electron chi connectivity index (χ3n) is 1.62. The van der Waals surface area contributed by atoms with Crippen LogP contribution in [0.25, 0.3) is 0 Å². The number of aliphatic carboxylic acids is 1. The Morgan fingerprint density at radius 2 is 2.17 bits per heavy atom. The largest absolute Gasteiger partial charge is 0.480 e. The van der Waals surface area contributed by atoms with Crippen LogP contribution >= 0.6 is 0 Å². The third kappa shape index (κ3) is 5.06. The molecule has 1 atom stereocenters. The summed E-state index contributed by atoms with van der Waals surface area (Å²) >= 11 is 0. The summed E-state index contributed by atoms with van der Waals surface area (Å²) in [5.74, 6) is -1.01. The molecule has 5 nitrogen and oxygen atoms in total. The highest BCUT2D eigenvalue weighted by molar-refractivity contribution is 5.73. The number of rotatable bonds is 7. The monoisotopic (exact) mass is 176 g/mol. The molecule has 0 unspecified atom stereocenters. The molecule has 0 fully saturated rings. The molecule has 0 aromatic rings. The minimum atomic E-state index is -1.01. The van der Waals surface area contributed by atoms with E-state index in [1.54, 1.807) is 5.48 Å². The van der Waals surface area contributed by atoms with Crippen LogP contribution in [0.2, 0.25) is 0 Å². The summed E-state index contributed by atoms with van der Waals surface area (Å²) in [5.41, 5.74) is 1.76. The number of carboxylic acid groups (broad SMARTS) is 1. The van der Waals surface area contributed by atoms with Gasteiger partial charge in [0.05, 0.1) is 0 Å². The molecule has 12 heavy (non-hydrogen) atoms. The minimum Gasteiger partial charge on any atom is -0.480 e. The summed E-state index contributed by atoms with van der Waals surface area (Å²) in [5, 5.41) is 19.9. The number of nitrogens with one attached hydrogen (secondary N) is 2. The predicted molar refractivity (Wildman–Crippen MR) is 44.1 cm³/mol. The molecule has 0 radical (unpaired) electrons. The normalized spacial score (nSPS) is 12.8. The first kappa shape index (κ1) is 11.4. The van der Waals surface area contributed by atoms with Crippen LogP contribution in [0.15, 0.2) is 0 Å². The van der Waals surface area contributed by atoms with Crippen molar-refractivity contribution in [2.75, 3.05) is 13.6 Å². The lowest BCUT2D eigenvalue weighted by atomic mass is 10.1. The van der Waals surface area contributed by atoms with Gasteiger partial charge in [-0.2, -0.15) is 5.48 Å². The van der Waals surface area contributed by atoms with Crippen molar-refractivity contribution >= 4 is 5.97 Å². The summed E-state index contributed by atoms with van der Waals surface area (Å²) < 4.78 is 0. The van der Waals surface area contributed by atoms with Gasteiger partial charge in [-0.05, 0) is 32.9 Å². The van der Waals surface area contributed by atoms with Crippen molar-refractivity contribution in [1.82, 2.24) is 10.8 Å². The summed E-state index contributed by atoms with van der Waals surface area (Å²) in [6.07, 6.45) is 2.15. The molecule has 0 bridgehead atoms. The van der Waals surface area contributed by atoms with Gasteiger partial charge in [-0.15, -0.1) is 0 Å². The average Bonchev–Trinajstić information content (AvgIpc) is 2.04. The second-order valence-corrected chi connectivity index (χ2v) is 2.62. The Morgan fingerprint density at radius 3 is 2.58 bits per heavy atom. The molecule has 0 spiro atoms. The van der Waals surface area contributed by atoms with Crippen LogP contribution in [0, 0.1) is 0 Å². The summed E-state index contributed by atoms with van der Waals surface area (Å²) in [7, 11) is 1.85. The first-order valence-electron chi connectivity index (χ1n) is 3.99. The van der Waals surface area contributed by atoms with E-state index in [1.807, 2.05) is 7.05 Å². The van der Waals surface area contributed by atoms with Crippen molar-refractivity contribution in [1.29, 1.82) is 0 Å². The molecule has 0 amide bonds. The van der Waals surface area contributed by atoms with Crippen LogP contribution in [-0.4, -0.2) is 35.9 Å². The van der Waals surface area contributed by atoms with E-state index >= 15 is 0 Å². The number of carboxylic acids is 1. The quantitative estimate of drug-likeness (QED) is 0.319. The summed E-state index contributed by atoms with van der Waals surface area (Å²) in [4.78, 5) is 10.4. The molecule has 0 aromatic heterocycles. The lowest BCUT2D eigenvalue weighted by molar-refractivity contribution is -0.142. The van der Waals surface area contributed by atoms with Crippen LogP contribution in [0.4, 0.5) is 0 Å². The maximum absolute atomic E-state index is 10.4. The molecule has 0 aliphatic carbocycles. The molecular weight excluding hydrogens is 160 g/mol. The number of carbonyl (C=O) groups is 1. The Bertz CT molecular complexity index is 130. The van der Waals surface area contributed by atoms with Gasteiger partial charge in [-0.1, -0.05) is 0 Å². The highest BCUT2D eigenvalue weighted by atomic mass is 16.5. The lowest BCUT2D eigenvalue weighted by Crippen LogP contribution is -2.34. The predicted octanol–water partition coefficient (Wildman–Crippen LogP) is -0.192. The molecule has 72 valence electrons. The van der Waals surface area contributed by atoms with E-state index in [0.29, 0.717) is 6.42 Å². The Morgan fingerprint density at radius 1 is 1.50 bits per heavy atom. The van der Waals surface area contributed by atoms with Crippen molar-refractivity contribution in [3.05, 3.63) is 0 Å². The van der Waals surface area contributed by atoms with E-state index in [9.17, 15) is 4.79 Å². The zero-order chi connectivity index (χ0) is 9.40. The van der Waals surface area contributed by atoms with Crippen molar-refractivity contribution < 1.29 is 15.1 Å². The molecule has 0 heterocycles. The molecule has 0 rings (SSSR count). The molecular formula is C7H16N2O3. The van der Waals surface area contributed by atoms with Gasteiger partial charge >= 0.3 is 5.97 Å². The van der Waals surface area contributed by atoms with Gasteiger partial charge in [0.1, 0.15) is 6.04 Å². The molecule has 0 saturated carbocycles. The third-order valence-corrected chi connectivity index (χ3v) is 1.62. The molecule has 0 aliphatic heterocycles. The Labute approximate surface area is 71.7 Å². The SMILES string of the molecule is CNCCCC[C@H](NO)C(=O)O. The van der Waals surface area contributed by atoms with Gasteiger partial charge in [-0.25, -0.2) is 0 Å². The first-order chi connectivity index (χ1) is 5.72. The van der Waals surface area contributed by atoms with Crippen LogP contribution in [0.1, 0.15) is 19.3 Å². The topological polar surface area (TPSA) is 81.6 Å². The van der Waals surface area contributed by atoms with Crippen LogP contribution in [0.3, 0.4) is 0 Å². The zero-order valence-corrected chi connectivity index (χ0v) is 7.21. The van der Waals surface area contributed by atoms with Gasteiger partial charge in [-0.3, -0.25) is 4.79 Å². The number of hydrogen-bond acceptors (Lipinski definition) is 4. The van der Waals surface area contributed by atoms with E-state index in [2.05, 4.69) is 5.32 Å². The smallest absolute Gasteiger partial charge is 0.323 e. The lowest BCUT2D eigenvalue weighted by Gasteiger charge is -2.08. The van der Waals surface area contributed by atoms with Crippen LogP contribution in [0.5, 0.6) is 0 Å². The Balaban J connectivity index is 3.38. The van der Waals surface area contributed by atoms with Crippen molar-refractivity contribution in [3.8, 4) is 0 Å². The maximum Gasteiger partial charge on any atom is 0.323 e. The Hall–Kier alpha value is -0.650. The maximum atomic E-state index is 10.4. The molecule has 5 heteroatoms. The van der Waals surface area contributed by atoms with Gasteiger partial charge < -0.3 is 15.6 Å². The van der Waals surface area contributed by atoms with Crippen LogP contribution in [-0.2, 0) is 4.79 Å². The Kier molecular flexibility index (Phi) is 6.64. The molecule has 0 aromatic carbocycles. The molecule has 0 saturated heterocycles. The minimum absolute atomic E-state index is 0.452. The van der Waals surface area contributed by atoms with Gasteiger partial charge in [0.15, 0.2) is 0 Å². The highest BCUT2D eigenvalue weighted by Crippen LogP contribution is 1.99. The van der Waals surface area contributed by atoms with Crippen molar-refractivity contribution in [3.63, 3.8) is 0 Å². The fourth-order valence-electron chi connectivity index (χ4n) is 0.893. The van der Waals surface area contributed by atoms with Crippen molar-refractivity contribution in [2.24, 2.45) is 0 Å². The van der Waals surface area contributed by atoms with Gasteiger partial charge in [0.2, 0.25) is 0 Å². The second kappa shape index (κ2) is 7.02. The number of hydrogen-bond donors (Lipinski definition) is 4. The van der Waals surface area contributed by atoms with Gasteiger partial charge in [0.25, 0.3) is 0 Å². The average molecular weight is 176 g/mol. The van der Waals surface area contributed by atoms with Gasteiger partial charge in [0, 0.05) is 0 Å². The number of unbranched alkanes of at least 4 members (excludes halogenated alkanes) is 1. The van der Waals surface area contributed by atoms with Crippen LogP contribution < -0.4 is 10.8 Å². The van der Waals surface area contributed by atoms with E-state index in [4.69, 9.17) is 10.3 Å². The highest BCUT2D eigenvalue weighted by Gasteiger charge is 2.14. The molecule has 0 aliphatic rings. The van der Waals surface area contributed by atoms with E-state index in [1.165, 1.54) is 0 Å². The summed E-state index contributed by atoms with van der Waals surface area (Å²) in [6.45, 7) is 0.873. The zero-order valence-electron chi connectivity index (χ0n) is 7.21. The van der Waals surface area contributed by atoms with E-state index in [-0.39, 0.29) is 0 Å². The summed E-state index contributed by atoms with van der Waals surface area (Å²) in [6, 6.07) is -0.832. The standard InChI is InChI=1S/C7H16N2O3/c1-8-5-3-2-4-6(9-12)7(10)11/h6,8-9,12H,2-5H2,1H3,(H,10,11)/t6-/m0/s1. The fourth-order valence-corrected chi connectivity index (χ4v) is 0.893. The fraction of sp³-hybridized carbons (Fsp3) is 0.857. The first-order valence-corrected chi connectivity index (χ1v) is 3.99. The van der Waals surface area contributed by atoms with E-state index < -0.39 is 12.0 Å².